The number of carbonyl (C=O) groups excluding carboxylic acids is 1. The third-order valence-corrected chi connectivity index (χ3v) is 3.12. The number of nitrogens with zero attached hydrogens (tertiary/aromatic N) is 1. The van der Waals surface area contributed by atoms with E-state index in [1.54, 1.807) is 7.11 Å². The van der Waals surface area contributed by atoms with Gasteiger partial charge in [-0.25, -0.2) is 0 Å². The third-order valence-electron chi connectivity index (χ3n) is 3.12. The highest BCUT2D eigenvalue weighted by Crippen LogP contribution is 2.20. The summed E-state index contributed by atoms with van der Waals surface area (Å²) < 4.78 is 10.8. The zero-order valence-corrected chi connectivity index (χ0v) is 10.8. The van der Waals surface area contributed by atoms with Crippen LogP contribution in [0.25, 0.3) is 0 Å². The van der Waals surface area contributed by atoms with E-state index in [4.69, 9.17) is 9.47 Å². The van der Waals surface area contributed by atoms with Crippen molar-refractivity contribution < 1.29 is 14.3 Å². The molecule has 1 aromatic rings. The fourth-order valence-electron chi connectivity index (χ4n) is 2.19. The molecule has 1 fully saturated rings. The Morgan fingerprint density at radius 3 is 2.78 bits per heavy atom. The molecule has 2 atom stereocenters. The van der Waals surface area contributed by atoms with Gasteiger partial charge in [-0.3, -0.25) is 4.79 Å². The molecule has 4 nitrogen and oxygen atoms in total. The summed E-state index contributed by atoms with van der Waals surface area (Å²) >= 11 is 0. The normalized spacial score (nSPS) is 21.7. The molecule has 2 rings (SSSR count). The van der Waals surface area contributed by atoms with Gasteiger partial charge in [0.25, 0.3) is 5.91 Å². The van der Waals surface area contributed by atoms with Crippen LogP contribution in [0.3, 0.4) is 0 Å². The molecule has 0 bridgehead atoms. The van der Waals surface area contributed by atoms with Crippen molar-refractivity contribution in [3.63, 3.8) is 0 Å². The molecule has 18 heavy (non-hydrogen) atoms. The Hall–Kier alpha value is -1.39. The van der Waals surface area contributed by atoms with Crippen LogP contribution in [0.15, 0.2) is 30.3 Å². The van der Waals surface area contributed by atoms with Gasteiger partial charge in [-0.15, -0.1) is 0 Å². The third kappa shape index (κ3) is 2.89. The van der Waals surface area contributed by atoms with Crippen molar-refractivity contribution in [1.82, 2.24) is 4.90 Å². The summed E-state index contributed by atoms with van der Waals surface area (Å²) in [6, 6.07) is 9.58. The first kappa shape index (κ1) is 13.1. The van der Waals surface area contributed by atoms with Gasteiger partial charge in [-0.2, -0.15) is 0 Å². The zero-order valence-electron chi connectivity index (χ0n) is 10.8. The second-order valence-electron chi connectivity index (χ2n) is 4.49. The molecule has 1 aliphatic heterocycles. The number of hydrogen-bond donors (Lipinski definition) is 0. The van der Waals surface area contributed by atoms with Crippen LogP contribution in [0.4, 0.5) is 0 Å². The van der Waals surface area contributed by atoms with Crippen LogP contribution < -0.4 is 0 Å². The fourth-order valence-corrected chi connectivity index (χ4v) is 2.19. The second kappa shape index (κ2) is 5.98. The predicted molar refractivity (Wildman–Crippen MR) is 68.2 cm³/mol. The Morgan fingerprint density at radius 2 is 2.17 bits per heavy atom. The van der Waals surface area contributed by atoms with Crippen LogP contribution >= 0.6 is 0 Å². The SMILES string of the molecule is COC(C(=O)N1CCOC(C)C1)c1ccccc1. The largest absolute Gasteiger partial charge is 0.375 e. The molecule has 0 N–H and O–H groups in total. The number of ether oxygens (including phenoxy) is 2. The molecule has 1 heterocycles. The number of carbonyl (C=O) groups is 1. The van der Waals surface area contributed by atoms with Crippen molar-refractivity contribution in [1.29, 1.82) is 0 Å². The summed E-state index contributed by atoms with van der Waals surface area (Å²) in [5, 5.41) is 0. The molecule has 4 heteroatoms. The Morgan fingerprint density at radius 1 is 1.44 bits per heavy atom. The Balaban J connectivity index is 2.10. The number of morpholine rings is 1. The molecule has 1 aromatic carbocycles. The van der Waals surface area contributed by atoms with E-state index in [1.165, 1.54) is 0 Å². The van der Waals surface area contributed by atoms with Crippen molar-refractivity contribution in [2.45, 2.75) is 19.1 Å². The van der Waals surface area contributed by atoms with E-state index in [1.807, 2.05) is 42.2 Å². The smallest absolute Gasteiger partial charge is 0.256 e. The van der Waals surface area contributed by atoms with E-state index in [9.17, 15) is 4.79 Å². The average molecular weight is 249 g/mol. The number of benzene rings is 1. The van der Waals surface area contributed by atoms with Gasteiger partial charge in [0, 0.05) is 20.2 Å². The minimum Gasteiger partial charge on any atom is -0.375 e. The summed E-state index contributed by atoms with van der Waals surface area (Å²) in [6.45, 7) is 3.84. The van der Waals surface area contributed by atoms with E-state index < -0.39 is 6.10 Å². The number of rotatable bonds is 3. The van der Waals surface area contributed by atoms with Gasteiger partial charge in [0.15, 0.2) is 6.10 Å². The quantitative estimate of drug-likeness (QED) is 0.817. The summed E-state index contributed by atoms with van der Waals surface area (Å²) in [4.78, 5) is 14.2. The summed E-state index contributed by atoms with van der Waals surface area (Å²) in [7, 11) is 1.57. The molecule has 0 saturated carbocycles. The predicted octanol–water partition coefficient (Wildman–Crippen LogP) is 1.62. The molecule has 1 amide bonds. The van der Waals surface area contributed by atoms with Crippen LogP contribution in [0, 0.1) is 0 Å². The number of amides is 1. The van der Waals surface area contributed by atoms with Gasteiger partial charge < -0.3 is 14.4 Å². The molecular weight excluding hydrogens is 230 g/mol. The molecule has 1 saturated heterocycles. The van der Waals surface area contributed by atoms with Gasteiger partial charge in [0.2, 0.25) is 0 Å². The summed E-state index contributed by atoms with van der Waals surface area (Å²) in [6.07, 6.45) is -0.424. The van der Waals surface area contributed by atoms with Gasteiger partial charge in [0.1, 0.15) is 0 Å². The molecule has 0 aliphatic carbocycles. The van der Waals surface area contributed by atoms with Crippen molar-refractivity contribution in [2.75, 3.05) is 26.8 Å². The van der Waals surface area contributed by atoms with Crippen LogP contribution in [-0.2, 0) is 14.3 Å². The average Bonchev–Trinajstić information content (AvgIpc) is 2.41. The molecule has 2 unspecified atom stereocenters. The monoisotopic (exact) mass is 249 g/mol. The molecule has 0 aromatic heterocycles. The highest BCUT2D eigenvalue weighted by atomic mass is 16.5. The lowest BCUT2D eigenvalue weighted by atomic mass is 10.1. The van der Waals surface area contributed by atoms with Gasteiger partial charge in [-0.05, 0) is 12.5 Å². The number of methoxy groups -OCH3 is 1. The van der Waals surface area contributed by atoms with E-state index in [-0.39, 0.29) is 12.0 Å². The first-order chi connectivity index (χ1) is 8.72. The topological polar surface area (TPSA) is 38.8 Å². The maximum absolute atomic E-state index is 12.4. The van der Waals surface area contributed by atoms with Crippen molar-refractivity contribution in [3.8, 4) is 0 Å². The van der Waals surface area contributed by atoms with Crippen molar-refractivity contribution >= 4 is 5.91 Å². The Labute approximate surface area is 107 Å². The maximum atomic E-state index is 12.4. The van der Waals surface area contributed by atoms with Crippen molar-refractivity contribution in [2.24, 2.45) is 0 Å². The fraction of sp³-hybridized carbons (Fsp3) is 0.500. The number of hydrogen-bond acceptors (Lipinski definition) is 3. The lowest BCUT2D eigenvalue weighted by molar-refractivity contribution is -0.149. The molecule has 1 aliphatic rings. The first-order valence-corrected chi connectivity index (χ1v) is 6.20. The van der Waals surface area contributed by atoms with E-state index in [0.717, 1.165) is 5.56 Å². The lowest BCUT2D eigenvalue weighted by Crippen LogP contribution is -2.46. The van der Waals surface area contributed by atoms with Gasteiger partial charge >= 0.3 is 0 Å². The first-order valence-electron chi connectivity index (χ1n) is 6.20. The van der Waals surface area contributed by atoms with Crippen LogP contribution in [-0.4, -0.2) is 43.7 Å². The minimum atomic E-state index is -0.517. The van der Waals surface area contributed by atoms with Crippen LogP contribution in [0.1, 0.15) is 18.6 Å². The second-order valence-corrected chi connectivity index (χ2v) is 4.49. The molecular formula is C14H19NO3. The molecule has 0 radical (unpaired) electrons. The highest BCUT2D eigenvalue weighted by molar-refractivity contribution is 5.82. The highest BCUT2D eigenvalue weighted by Gasteiger charge is 2.28. The zero-order chi connectivity index (χ0) is 13.0. The van der Waals surface area contributed by atoms with E-state index >= 15 is 0 Å². The summed E-state index contributed by atoms with van der Waals surface area (Å²) in [5.41, 5.74) is 0.893. The van der Waals surface area contributed by atoms with Crippen molar-refractivity contribution in [3.05, 3.63) is 35.9 Å². The van der Waals surface area contributed by atoms with Crippen LogP contribution in [0.2, 0.25) is 0 Å². The summed E-state index contributed by atoms with van der Waals surface area (Å²) in [5.74, 6) is 0.0128. The standard InChI is InChI=1S/C14H19NO3/c1-11-10-15(8-9-18-11)14(16)13(17-2)12-6-4-3-5-7-12/h3-7,11,13H,8-10H2,1-2H3. The Bertz CT molecular complexity index is 393. The Kier molecular flexibility index (Phi) is 4.33. The maximum Gasteiger partial charge on any atom is 0.256 e. The molecule has 98 valence electrons. The minimum absolute atomic E-state index is 0.0128. The lowest BCUT2D eigenvalue weighted by Gasteiger charge is -2.33. The van der Waals surface area contributed by atoms with Crippen LogP contribution in [0.5, 0.6) is 0 Å². The van der Waals surface area contributed by atoms with Gasteiger partial charge in [0.05, 0.1) is 12.7 Å². The molecule has 0 spiro atoms. The van der Waals surface area contributed by atoms with Gasteiger partial charge in [-0.1, -0.05) is 30.3 Å². The van der Waals surface area contributed by atoms with E-state index in [2.05, 4.69) is 0 Å². The van der Waals surface area contributed by atoms with E-state index in [0.29, 0.717) is 19.7 Å².